The summed E-state index contributed by atoms with van der Waals surface area (Å²) in [7, 11) is 1.96. The molecule has 3 heteroatoms. The molecule has 2 rings (SSSR count). The van der Waals surface area contributed by atoms with Gasteiger partial charge in [0.25, 0.3) is 0 Å². The van der Waals surface area contributed by atoms with Crippen molar-refractivity contribution in [3.63, 3.8) is 0 Å². The smallest absolute Gasteiger partial charge is 0.138 e. The third-order valence-electron chi connectivity index (χ3n) is 1.82. The Hall–Kier alpha value is -0.670. The molecule has 1 N–H and O–H groups in total. The summed E-state index contributed by atoms with van der Waals surface area (Å²) in [5, 5.41) is 3.13. The lowest BCUT2D eigenvalue weighted by Crippen LogP contribution is -2.04. The minimum Gasteiger partial charge on any atom is -0.481 e. The van der Waals surface area contributed by atoms with Crippen molar-refractivity contribution in [3.8, 4) is 5.75 Å². The first kappa shape index (κ1) is 7.95. The molecule has 1 heterocycles. The van der Waals surface area contributed by atoms with Gasteiger partial charge < -0.3 is 10.1 Å². The molecule has 0 atom stereocenters. The quantitative estimate of drug-likeness (QED) is 0.752. The van der Waals surface area contributed by atoms with E-state index in [1.807, 2.05) is 13.1 Å². The number of rotatable bonds is 2. The number of ether oxygens (including phenoxy) is 1. The van der Waals surface area contributed by atoms with Crippen molar-refractivity contribution in [2.24, 2.45) is 0 Å². The molecule has 0 bridgehead atoms. The molecule has 0 unspecified atom stereocenters. The van der Waals surface area contributed by atoms with Crippen molar-refractivity contribution in [1.29, 1.82) is 0 Å². The molecule has 1 aliphatic heterocycles. The Morgan fingerprint density at radius 3 is 3.33 bits per heavy atom. The van der Waals surface area contributed by atoms with Crippen LogP contribution in [0, 0.1) is 0 Å². The van der Waals surface area contributed by atoms with E-state index in [0.29, 0.717) is 0 Å². The van der Waals surface area contributed by atoms with Crippen molar-refractivity contribution in [2.45, 2.75) is 11.4 Å². The second-order valence-corrected chi connectivity index (χ2v) is 3.68. The maximum atomic E-state index is 5.37. The minimum absolute atomic E-state index is 0.762. The molecule has 0 radical (unpaired) electrons. The fraction of sp³-hybridized carbons (Fsp3) is 0.333. The molecule has 0 aliphatic carbocycles. The van der Waals surface area contributed by atoms with Gasteiger partial charge in [0.15, 0.2) is 0 Å². The predicted octanol–water partition coefficient (Wildman–Crippen LogP) is 1.85. The summed E-state index contributed by atoms with van der Waals surface area (Å²) in [6.45, 7) is 0.924. The average molecular weight is 181 g/mol. The van der Waals surface area contributed by atoms with Gasteiger partial charge in [-0.15, -0.1) is 0 Å². The third kappa shape index (κ3) is 1.42. The second kappa shape index (κ2) is 3.37. The molecule has 1 aliphatic rings. The largest absolute Gasteiger partial charge is 0.481 e. The number of fused-ring (bicyclic) bond motifs is 1. The molecule has 0 spiro atoms. The molecule has 0 saturated heterocycles. The average Bonchev–Trinajstić information content (AvgIpc) is 2.51. The Bertz CT molecular complexity index is 288. The predicted molar refractivity (Wildman–Crippen MR) is 50.6 cm³/mol. The molecule has 0 fully saturated rings. The molecule has 0 saturated carbocycles. The first-order valence-electron chi connectivity index (χ1n) is 3.93. The maximum Gasteiger partial charge on any atom is 0.138 e. The highest BCUT2D eigenvalue weighted by atomic mass is 32.2. The Balaban J connectivity index is 2.26. The standard InChI is InChI=1S/C9H11NOS/c1-10-5-7-2-3-8-9(4-7)12-6-11-8/h2-4,10H,5-6H2,1H3. The fourth-order valence-electron chi connectivity index (χ4n) is 1.26. The number of hydrogen-bond donors (Lipinski definition) is 1. The molecular weight excluding hydrogens is 170 g/mol. The first-order chi connectivity index (χ1) is 5.90. The molecule has 2 nitrogen and oxygen atoms in total. The zero-order chi connectivity index (χ0) is 8.39. The van der Waals surface area contributed by atoms with E-state index in [1.54, 1.807) is 11.8 Å². The molecule has 12 heavy (non-hydrogen) atoms. The lowest BCUT2D eigenvalue weighted by atomic mass is 10.2. The number of nitrogens with one attached hydrogen (secondary N) is 1. The van der Waals surface area contributed by atoms with Crippen LogP contribution in [0.1, 0.15) is 5.56 Å². The van der Waals surface area contributed by atoms with Crippen LogP contribution in [0.25, 0.3) is 0 Å². The minimum atomic E-state index is 0.762. The highest BCUT2D eigenvalue weighted by molar-refractivity contribution is 7.99. The van der Waals surface area contributed by atoms with Crippen LogP contribution >= 0.6 is 11.8 Å². The topological polar surface area (TPSA) is 21.3 Å². The van der Waals surface area contributed by atoms with E-state index >= 15 is 0 Å². The molecule has 1 aromatic rings. The van der Waals surface area contributed by atoms with Gasteiger partial charge in [-0.3, -0.25) is 0 Å². The highest BCUT2D eigenvalue weighted by Gasteiger charge is 2.11. The van der Waals surface area contributed by atoms with Gasteiger partial charge in [0.2, 0.25) is 0 Å². The van der Waals surface area contributed by atoms with Crippen molar-refractivity contribution in [1.82, 2.24) is 5.32 Å². The van der Waals surface area contributed by atoms with Crippen molar-refractivity contribution in [3.05, 3.63) is 23.8 Å². The van der Waals surface area contributed by atoms with Crippen molar-refractivity contribution in [2.75, 3.05) is 13.0 Å². The summed E-state index contributed by atoms with van der Waals surface area (Å²) in [4.78, 5) is 1.27. The lowest BCUT2D eigenvalue weighted by molar-refractivity contribution is 0.397. The zero-order valence-corrected chi connectivity index (χ0v) is 7.78. The normalized spacial score (nSPS) is 14.1. The molecular formula is C9H11NOS. The third-order valence-corrected chi connectivity index (χ3v) is 2.68. The van der Waals surface area contributed by atoms with Gasteiger partial charge in [0.1, 0.15) is 11.7 Å². The van der Waals surface area contributed by atoms with Gasteiger partial charge in [-0.1, -0.05) is 17.8 Å². The number of hydrogen-bond acceptors (Lipinski definition) is 3. The summed E-state index contributed by atoms with van der Waals surface area (Å²) in [5.41, 5.74) is 1.31. The van der Waals surface area contributed by atoms with Gasteiger partial charge >= 0.3 is 0 Å². The monoisotopic (exact) mass is 181 g/mol. The van der Waals surface area contributed by atoms with Crippen molar-refractivity contribution < 1.29 is 4.74 Å². The summed E-state index contributed by atoms with van der Waals surface area (Å²) >= 11 is 1.76. The van der Waals surface area contributed by atoms with E-state index in [1.165, 1.54) is 10.5 Å². The van der Waals surface area contributed by atoms with E-state index in [4.69, 9.17) is 4.74 Å². The fourth-order valence-corrected chi connectivity index (χ4v) is 2.07. The van der Waals surface area contributed by atoms with Gasteiger partial charge in [-0.05, 0) is 24.7 Å². The van der Waals surface area contributed by atoms with E-state index in [2.05, 4.69) is 17.4 Å². The number of thioether (sulfide) groups is 1. The van der Waals surface area contributed by atoms with E-state index in [0.717, 1.165) is 18.2 Å². The lowest BCUT2D eigenvalue weighted by Gasteiger charge is -2.01. The van der Waals surface area contributed by atoms with Gasteiger partial charge in [0.05, 0.1) is 4.90 Å². The molecule has 0 amide bonds. The molecule has 64 valence electrons. The Labute approximate surface area is 76.3 Å². The second-order valence-electron chi connectivity index (χ2n) is 2.72. The summed E-state index contributed by atoms with van der Waals surface area (Å²) < 4.78 is 5.37. The Morgan fingerprint density at radius 1 is 1.58 bits per heavy atom. The van der Waals surface area contributed by atoms with E-state index < -0.39 is 0 Å². The van der Waals surface area contributed by atoms with Crippen molar-refractivity contribution >= 4 is 11.8 Å². The van der Waals surface area contributed by atoms with Crippen LogP contribution in [0.4, 0.5) is 0 Å². The van der Waals surface area contributed by atoms with Crippen LogP contribution in [0.15, 0.2) is 23.1 Å². The van der Waals surface area contributed by atoms with Gasteiger partial charge in [0, 0.05) is 6.54 Å². The van der Waals surface area contributed by atoms with E-state index in [-0.39, 0.29) is 0 Å². The Kier molecular flexibility index (Phi) is 2.23. The first-order valence-corrected chi connectivity index (χ1v) is 4.92. The van der Waals surface area contributed by atoms with Gasteiger partial charge in [-0.25, -0.2) is 0 Å². The van der Waals surface area contributed by atoms with Crippen LogP contribution in [0.5, 0.6) is 5.75 Å². The zero-order valence-electron chi connectivity index (χ0n) is 6.96. The summed E-state index contributed by atoms with van der Waals surface area (Å²) in [5.74, 6) is 1.79. The van der Waals surface area contributed by atoms with Crippen LogP contribution < -0.4 is 10.1 Å². The molecule has 1 aromatic carbocycles. The maximum absolute atomic E-state index is 5.37. The highest BCUT2D eigenvalue weighted by Crippen LogP contribution is 2.36. The van der Waals surface area contributed by atoms with Gasteiger partial charge in [-0.2, -0.15) is 0 Å². The van der Waals surface area contributed by atoms with Crippen LogP contribution in [0.3, 0.4) is 0 Å². The van der Waals surface area contributed by atoms with Crippen LogP contribution in [-0.4, -0.2) is 13.0 Å². The molecule has 0 aromatic heterocycles. The van der Waals surface area contributed by atoms with E-state index in [9.17, 15) is 0 Å². The number of benzene rings is 1. The SMILES string of the molecule is CNCc1ccc2c(c1)SCO2. The Morgan fingerprint density at radius 2 is 2.50 bits per heavy atom. The summed E-state index contributed by atoms with van der Waals surface area (Å²) in [6, 6.07) is 6.33. The summed E-state index contributed by atoms with van der Waals surface area (Å²) in [6.07, 6.45) is 0. The van der Waals surface area contributed by atoms with Crippen LogP contribution in [-0.2, 0) is 6.54 Å². The van der Waals surface area contributed by atoms with Crippen LogP contribution in [0.2, 0.25) is 0 Å².